The van der Waals surface area contributed by atoms with E-state index in [4.69, 9.17) is 4.55 Å². The molecular weight excluding hydrogens is 373 g/mol. The molecule has 1 N–H and O–H groups in total. The van der Waals surface area contributed by atoms with Crippen LogP contribution < -0.4 is 3.12 Å². The van der Waals surface area contributed by atoms with Gasteiger partial charge in [0, 0.05) is 0 Å². The van der Waals surface area contributed by atoms with Crippen molar-refractivity contribution >= 4 is 38.2 Å². The minimum atomic E-state index is -4.23. The molecule has 12 heavy (non-hydrogen) atoms. The molecule has 0 bridgehead atoms. The summed E-state index contributed by atoms with van der Waals surface area (Å²) in [6.07, 6.45) is 0. The van der Waals surface area contributed by atoms with Crippen LogP contribution in [0.5, 0.6) is 0 Å². The third kappa shape index (κ3) is 4.14. The molecule has 0 aromatic heterocycles. The molecule has 0 heterocycles. The van der Waals surface area contributed by atoms with Gasteiger partial charge in [0.05, 0.1) is 0 Å². The summed E-state index contributed by atoms with van der Waals surface area (Å²) in [5, 5.41) is 0. The van der Waals surface area contributed by atoms with E-state index >= 15 is 0 Å². The Bertz CT molecular complexity index is 334. The first-order valence-corrected chi connectivity index (χ1v) is 8.56. The first kappa shape index (κ1) is 10.1. The van der Waals surface area contributed by atoms with Crippen molar-refractivity contribution in [2.24, 2.45) is 0 Å². The van der Waals surface area contributed by atoms with Gasteiger partial charge in [-0.15, -0.1) is 0 Å². The van der Waals surface area contributed by atoms with Crippen molar-refractivity contribution in [3.8, 4) is 0 Å². The van der Waals surface area contributed by atoms with Crippen LogP contribution in [0.1, 0.15) is 0 Å². The van der Waals surface area contributed by atoms with E-state index in [1.165, 1.54) is 0 Å². The average Bonchev–Trinajstić information content (AvgIpc) is 2.02. The van der Waals surface area contributed by atoms with Crippen LogP contribution in [0.2, 0.25) is 0 Å². The van der Waals surface area contributed by atoms with E-state index in [1.54, 1.807) is 24.3 Å². The Morgan fingerprint density at radius 2 is 1.83 bits per heavy atom. The minimum absolute atomic E-state index is 0.898. The fourth-order valence-corrected chi connectivity index (χ4v) is 5.07. The van der Waals surface area contributed by atoms with Crippen molar-refractivity contribution in [1.29, 1.82) is 0 Å². The van der Waals surface area contributed by atoms with Gasteiger partial charge in [0.2, 0.25) is 0 Å². The van der Waals surface area contributed by atoms with Gasteiger partial charge in [0.25, 0.3) is 0 Å². The average molecular weight is 379 g/mol. The van der Waals surface area contributed by atoms with Crippen LogP contribution in [-0.2, 0) is 12.5 Å². The topological polar surface area (TPSA) is 63.6 Å². The van der Waals surface area contributed by atoms with Crippen molar-refractivity contribution in [3.63, 3.8) is 0 Å². The molecule has 0 saturated heterocycles. The number of benzene rings is 1. The van der Waals surface area contributed by atoms with Crippen molar-refractivity contribution in [2.75, 3.05) is 0 Å². The summed E-state index contributed by atoms with van der Waals surface area (Å²) in [4.78, 5) is 0. The van der Waals surface area contributed by atoms with Crippen LogP contribution in [0, 0.1) is 0 Å². The quantitative estimate of drug-likeness (QED) is 0.582. The summed E-state index contributed by atoms with van der Waals surface area (Å²) >= 11 is -1.96. The first-order valence-electron chi connectivity index (χ1n) is 3.12. The molecule has 0 aliphatic heterocycles. The van der Waals surface area contributed by atoms with E-state index in [0.717, 1.165) is 3.12 Å². The zero-order chi connectivity index (χ0) is 9.03. The molecule has 63 valence electrons. The zero-order valence-electron chi connectivity index (χ0n) is 6.04. The fourth-order valence-electron chi connectivity index (χ4n) is 0.648. The van der Waals surface area contributed by atoms with E-state index < -0.39 is 35.1 Å². The van der Waals surface area contributed by atoms with E-state index in [9.17, 15) is 8.42 Å². The van der Waals surface area contributed by atoms with Crippen LogP contribution in [0.15, 0.2) is 30.3 Å². The summed E-state index contributed by atoms with van der Waals surface area (Å²) in [5.74, 6) is 0. The van der Waals surface area contributed by atoms with Crippen LogP contribution in [0.3, 0.4) is 0 Å². The first-order chi connectivity index (χ1) is 5.58. The molecule has 1 aromatic rings. The second-order valence-corrected chi connectivity index (χ2v) is 8.85. The molecule has 0 spiro atoms. The standard InChI is InChI=1S/C6H5.H2O4S.Tl/c1-2-4-6-5-3-1;1-5(2,3)4;/h1-5H;(H2,1,2,3,4);/q;;+1/p-1. The van der Waals surface area contributed by atoms with Gasteiger partial charge in [-0.2, -0.15) is 0 Å². The summed E-state index contributed by atoms with van der Waals surface area (Å²) < 4.78 is 33.9. The molecule has 4 nitrogen and oxygen atoms in total. The summed E-state index contributed by atoms with van der Waals surface area (Å²) in [6, 6.07) is 9.03. The Morgan fingerprint density at radius 3 is 2.33 bits per heavy atom. The third-order valence-corrected chi connectivity index (χ3v) is 7.96. The van der Waals surface area contributed by atoms with E-state index in [2.05, 4.69) is 2.13 Å². The van der Waals surface area contributed by atoms with E-state index in [-0.39, 0.29) is 0 Å². The molecular formula is C6H6O4STl. The van der Waals surface area contributed by atoms with Gasteiger partial charge in [-0.25, -0.2) is 0 Å². The number of hydrogen-bond donors (Lipinski definition) is 1. The summed E-state index contributed by atoms with van der Waals surface area (Å²) in [7, 11) is -4.23. The van der Waals surface area contributed by atoms with Crippen LogP contribution in [0.4, 0.5) is 0 Å². The molecule has 1 aromatic carbocycles. The van der Waals surface area contributed by atoms with Crippen molar-refractivity contribution in [3.05, 3.63) is 30.3 Å². The summed E-state index contributed by atoms with van der Waals surface area (Å²) in [5.41, 5.74) is 0. The molecule has 0 saturated carbocycles. The Kier molecular flexibility index (Phi) is 3.62. The van der Waals surface area contributed by atoms with E-state index in [1.807, 2.05) is 6.07 Å². The monoisotopic (exact) mass is 379 g/mol. The van der Waals surface area contributed by atoms with Gasteiger partial charge in [-0.1, -0.05) is 0 Å². The van der Waals surface area contributed by atoms with Gasteiger partial charge in [0.1, 0.15) is 0 Å². The number of rotatable bonds is 3. The fraction of sp³-hybridized carbons (Fsp3) is 0. The van der Waals surface area contributed by atoms with Crippen LogP contribution >= 0.6 is 0 Å². The van der Waals surface area contributed by atoms with Crippen LogP contribution in [-0.4, -0.2) is 37.7 Å². The van der Waals surface area contributed by atoms with Gasteiger partial charge < -0.3 is 0 Å². The molecule has 1 rings (SSSR count). The molecule has 6 heteroatoms. The van der Waals surface area contributed by atoms with Crippen LogP contribution in [0.25, 0.3) is 0 Å². The molecule has 0 fully saturated rings. The normalized spacial score (nSPS) is 10.8. The molecule has 0 radical (unpaired) electrons. The maximum absolute atomic E-state index is 10.2. The summed E-state index contributed by atoms with van der Waals surface area (Å²) in [6.45, 7) is 0. The molecule has 0 unspecified atom stereocenters. The molecule has 0 atom stereocenters. The Morgan fingerprint density at radius 1 is 1.25 bits per heavy atom. The Labute approximate surface area is 83.4 Å². The van der Waals surface area contributed by atoms with Gasteiger partial charge in [-0.3, -0.25) is 0 Å². The van der Waals surface area contributed by atoms with Gasteiger partial charge in [-0.05, 0) is 0 Å². The van der Waals surface area contributed by atoms with Crippen molar-refractivity contribution in [1.82, 2.24) is 0 Å². The van der Waals surface area contributed by atoms with Crippen molar-refractivity contribution < 1.29 is 15.1 Å². The maximum atomic E-state index is 10.2. The Balaban J connectivity index is 2.56. The second kappa shape index (κ2) is 4.31. The second-order valence-electron chi connectivity index (χ2n) is 2.05. The zero-order valence-corrected chi connectivity index (χ0v) is 11.3. The molecule has 0 aliphatic carbocycles. The van der Waals surface area contributed by atoms with Gasteiger partial charge in [0.15, 0.2) is 0 Å². The Hall–Kier alpha value is 0.0121. The SMILES string of the molecule is O=S(=O)(O)[O][Tl][c]1ccccc1. The molecule has 0 aliphatic rings. The predicted octanol–water partition coefficient (Wildman–Crippen LogP) is -0.250. The van der Waals surface area contributed by atoms with Crippen molar-refractivity contribution in [2.45, 2.75) is 0 Å². The predicted molar refractivity (Wildman–Crippen MR) is 44.5 cm³/mol. The van der Waals surface area contributed by atoms with Gasteiger partial charge >= 0.3 is 83.6 Å². The third-order valence-electron chi connectivity index (χ3n) is 1.11. The molecule has 0 amide bonds. The number of hydrogen-bond acceptors (Lipinski definition) is 3. The van der Waals surface area contributed by atoms with E-state index in [0.29, 0.717) is 0 Å².